The van der Waals surface area contributed by atoms with E-state index in [4.69, 9.17) is 16.3 Å². The Kier molecular flexibility index (Phi) is 3.48. The van der Waals surface area contributed by atoms with Crippen molar-refractivity contribution in [3.8, 4) is 5.88 Å². The number of hydrogen-bond acceptors (Lipinski definition) is 3. The number of alkyl halides is 1. The van der Waals surface area contributed by atoms with Crippen molar-refractivity contribution in [1.29, 1.82) is 0 Å². The van der Waals surface area contributed by atoms with E-state index in [1.807, 2.05) is 19.9 Å². The van der Waals surface area contributed by atoms with Gasteiger partial charge in [0, 0.05) is 23.6 Å². The molecule has 1 heterocycles. The van der Waals surface area contributed by atoms with E-state index in [-0.39, 0.29) is 5.38 Å². The lowest BCUT2D eigenvalue weighted by Crippen LogP contribution is -2.03. The molecule has 0 aliphatic rings. The summed E-state index contributed by atoms with van der Waals surface area (Å²) in [7, 11) is 1.59. The van der Waals surface area contributed by atoms with Crippen LogP contribution in [-0.2, 0) is 6.42 Å². The summed E-state index contributed by atoms with van der Waals surface area (Å²) in [6, 6.07) is 1.81. The second-order valence-corrected chi connectivity index (χ2v) is 3.68. The molecule has 0 aliphatic heterocycles. The first-order valence-corrected chi connectivity index (χ1v) is 4.58. The fourth-order valence-electron chi connectivity index (χ4n) is 1.10. The predicted octanol–water partition coefficient (Wildman–Crippen LogP) is 1.96. The van der Waals surface area contributed by atoms with Crippen LogP contribution in [0, 0.1) is 6.92 Å². The maximum Gasteiger partial charge on any atom is 0.216 e. The van der Waals surface area contributed by atoms with Crippen LogP contribution >= 0.6 is 11.6 Å². The Morgan fingerprint density at radius 2 is 2.23 bits per heavy atom. The van der Waals surface area contributed by atoms with Crippen LogP contribution in [0.3, 0.4) is 0 Å². The fraction of sp³-hybridized carbons (Fsp3) is 0.556. The molecule has 72 valence electrons. The van der Waals surface area contributed by atoms with Crippen LogP contribution in [0.25, 0.3) is 0 Å². The van der Waals surface area contributed by atoms with Gasteiger partial charge in [-0.2, -0.15) is 4.98 Å². The van der Waals surface area contributed by atoms with Crippen molar-refractivity contribution in [2.75, 3.05) is 7.11 Å². The van der Waals surface area contributed by atoms with Gasteiger partial charge in [0.25, 0.3) is 0 Å². The summed E-state index contributed by atoms with van der Waals surface area (Å²) >= 11 is 5.86. The van der Waals surface area contributed by atoms with Crippen LogP contribution in [0.2, 0.25) is 0 Å². The Labute approximate surface area is 83.1 Å². The minimum Gasteiger partial charge on any atom is -0.481 e. The SMILES string of the molecule is COc1cc(CC(C)Cl)nc(C)n1. The lowest BCUT2D eigenvalue weighted by atomic mass is 10.2. The van der Waals surface area contributed by atoms with Crippen molar-refractivity contribution in [1.82, 2.24) is 9.97 Å². The van der Waals surface area contributed by atoms with E-state index in [0.29, 0.717) is 11.7 Å². The molecule has 0 saturated carbocycles. The molecule has 1 atom stereocenters. The molecule has 0 spiro atoms. The molecule has 0 bridgehead atoms. The average Bonchev–Trinajstić information content (AvgIpc) is 2.01. The van der Waals surface area contributed by atoms with Crippen molar-refractivity contribution in [3.63, 3.8) is 0 Å². The standard InChI is InChI=1S/C9H13ClN2O/c1-6(10)4-8-5-9(13-3)12-7(2)11-8/h5-6H,4H2,1-3H3. The number of methoxy groups -OCH3 is 1. The molecule has 0 saturated heterocycles. The largest absolute Gasteiger partial charge is 0.481 e. The smallest absolute Gasteiger partial charge is 0.216 e. The highest BCUT2D eigenvalue weighted by Gasteiger charge is 2.04. The van der Waals surface area contributed by atoms with E-state index >= 15 is 0 Å². The van der Waals surface area contributed by atoms with E-state index < -0.39 is 0 Å². The molecule has 1 aromatic rings. The second-order valence-electron chi connectivity index (χ2n) is 2.93. The van der Waals surface area contributed by atoms with Crippen LogP contribution in [0.4, 0.5) is 0 Å². The summed E-state index contributed by atoms with van der Waals surface area (Å²) in [6.45, 7) is 3.77. The Hall–Kier alpha value is -0.830. The molecule has 3 nitrogen and oxygen atoms in total. The molecular formula is C9H13ClN2O. The fourth-order valence-corrected chi connectivity index (χ4v) is 1.25. The quantitative estimate of drug-likeness (QED) is 0.700. The van der Waals surface area contributed by atoms with Crippen molar-refractivity contribution >= 4 is 11.6 Å². The van der Waals surface area contributed by atoms with Gasteiger partial charge in [-0.05, 0) is 13.8 Å². The van der Waals surface area contributed by atoms with Crippen molar-refractivity contribution in [2.24, 2.45) is 0 Å². The molecular weight excluding hydrogens is 188 g/mol. The molecule has 0 radical (unpaired) electrons. The molecule has 0 aromatic carbocycles. The Bertz CT molecular complexity index is 289. The van der Waals surface area contributed by atoms with Crippen LogP contribution in [-0.4, -0.2) is 22.5 Å². The average molecular weight is 201 g/mol. The van der Waals surface area contributed by atoms with Gasteiger partial charge in [-0.1, -0.05) is 0 Å². The third-order valence-corrected chi connectivity index (χ3v) is 1.72. The van der Waals surface area contributed by atoms with Crippen LogP contribution < -0.4 is 4.74 Å². The van der Waals surface area contributed by atoms with Gasteiger partial charge in [0.2, 0.25) is 5.88 Å². The molecule has 1 aromatic heterocycles. The third kappa shape index (κ3) is 3.19. The summed E-state index contributed by atoms with van der Waals surface area (Å²) in [5, 5.41) is 0.0824. The first-order valence-electron chi connectivity index (χ1n) is 4.14. The van der Waals surface area contributed by atoms with Gasteiger partial charge in [0.15, 0.2) is 0 Å². The maximum absolute atomic E-state index is 5.86. The van der Waals surface area contributed by atoms with Gasteiger partial charge in [-0.3, -0.25) is 0 Å². The monoisotopic (exact) mass is 200 g/mol. The zero-order chi connectivity index (χ0) is 9.84. The summed E-state index contributed by atoms with van der Waals surface area (Å²) in [5.74, 6) is 1.31. The van der Waals surface area contributed by atoms with Gasteiger partial charge < -0.3 is 4.74 Å². The second kappa shape index (κ2) is 4.42. The zero-order valence-corrected chi connectivity index (χ0v) is 8.80. The first kappa shape index (κ1) is 10.3. The molecule has 0 amide bonds. The predicted molar refractivity (Wildman–Crippen MR) is 52.3 cm³/mol. The molecule has 0 fully saturated rings. The first-order chi connectivity index (χ1) is 6.11. The van der Waals surface area contributed by atoms with E-state index in [9.17, 15) is 0 Å². The van der Waals surface area contributed by atoms with Gasteiger partial charge in [-0.15, -0.1) is 11.6 Å². The van der Waals surface area contributed by atoms with Gasteiger partial charge in [-0.25, -0.2) is 4.98 Å². The van der Waals surface area contributed by atoms with Crippen LogP contribution in [0.1, 0.15) is 18.4 Å². The van der Waals surface area contributed by atoms with E-state index in [0.717, 1.165) is 12.1 Å². The summed E-state index contributed by atoms with van der Waals surface area (Å²) in [5.41, 5.74) is 0.923. The minimum absolute atomic E-state index is 0.0824. The number of hydrogen-bond donors (Lipinski definition) is 0. The van der Waals surface area contributed by atoms with Crippen molar-refractivity contribution in [3.05, 3.63) is 17.6 Å². The maximum atomic E-state index is 5.86. The third-order valence-electron chi connectivity index (χ3n) is 1.57. The Balaban J connectivity index is 2.88. The number of halogens is 1. The molecule has 1 rings (SSSR count). The topological polar surface area (TPSA) is 35.0 Å². The summed E-state index contributed by atoms with van der Waals surface area (Å²) in [4.78, 5) is 8.33. The summed E-state index contributed by atoms with van der Waals surface area (Å²) < 4.78 is 5.02. The number of ether oxygens (including phenoxy) is 1. The molecule has 0 aliphatic carbocycles. The van der Waals surface area contributed by atoms with Gasteiger partial charge in [0.05, 0.1) is 7.11 Å². The van der Waals surface area contributed by atoms with Crippen LogP contribution in [0.15, 0.2) is 6.07 Å². The Morgan fingerprint density at radius 3 is 2.77 bits per heavy atom. The molecule has 4 heteroatoms. The lowest BCUT2D eigenvalue weighted by molar-refractivity contribution is 0.394. The minimum atomic E-state index is 0.0824. The molecule has 1 unspecified atom stereocenters. The van der Waals surface area contributed by atoms with E-state index in [2.05, 4.69) is 9.97 Å². The van der Waals surface area contributed by atoms with E-state index in [1.54, 1.807) is 7.11 Å². The number of rotatable bonds is 3. The zero-order valence-electron chi connectivity index (χ0n) is 8.04. The van der Waals surface area contributed by atoms with Gasteiger partial charge >= 0.3 is 0 Å². The highest BCUT2D eigenvalue weighted by molar-refractivity contribution is 6.20. The van der Waals surface area contributed by atoms with E-state index in [1.165, 1.54) is 0 Å². The lowest BCUT2D eigenvalue weighted by Gasteiger charge is -2.05. The number of aryl methyl sites for hydroxylation is 1. The van der Waals surface area contributed by atoms with Gasteiger partial charge in [0.1, 0.15) is 5.82 Å². The van der Waals surface area contributed by atoms with Crippen molar-refractivity contribution in [2.45, 2.75) is 25.6 Å². The molecule has 0 N–H and O–H groups in total. The summed E-state index contributed by atoms with van der Waals surface area (Å²) in [6.07, 6.45) is 0.737. The van der Waals surface area contributed by atoms with Crippen LogP contribution in [0.5, 0.6) is 5.88 Å². The van der Waals surface area contributed by atoms with Crippen molar-refractivity contribution < 1.29 is 4.74 Å². The Morgan fingerprint density at radius 1 is 1.54 bits per heavy atom. The number of nitrogens with zero attached hydrogens (tertiary/aromatic N) is 2. The molecule has 13 heavy (non-hydrogen) atoms. The highest BCUT2D eigenvalue weighted by atomic mass is 35.5. The highest BCUT2D eigenvalue weighted by Crippen LogP contribution is 2.11. The normalized spacial score (nSPS) is 12.6. The number of aromatic nitrogens is 2.